The fraction of sp³-hybridized carbons (Fsp3) is 0.571. The van der Waals surface area contributed by atoms with E-state index in [0.29, 0.717) is 11.6 Å². The van der Waals surface area contributed by atoms with E-state index in [1.807, 2.05) is 6.92 Å². The van der Waals surface area contributed by atoms with Gasteiger partial charge in [0.1, 0.15) is 11.6 Å². The van der Waals surface area contributed by atoms with Crippen LogP contribution in [0.4, 0.5) is 8.78 Å². The summed E-state index contributed by atoms with van der Waals surface area (Å²) >= 11 is 0. The number of unbranched alkanes of at least 4 members (excludes halogenated alkanes) is 1. The van der Waals surface area contributed by atoms with Crippen molar-refractivity contribution in [3.8, 4) is 0 Å². The molecule has 0 saturated carbocycles. The summed E-state index contributed by atoms with van der Waals surface area (Å²) in [6, 6.07) is 3.99. The fourth-order valence-electron chi connectivity index (χ4n) is 1.96. The van der Waals surface area contributed by atoms with E-state index in [0.717, 1.165) is 25.3 Å². The first kappa shape index (κ1) is 14.1. The van der Waals surface area contributed by atoms with Crippen LogP contribution in [-0.2, 0) is 0 Å². The largest absolute Gasteiger partial charge is 0.308 e. The molecule has 3 heteroatoms. The average Bonchev–Trinajstić information content (AvgIpc) is 2.26. The molecule has 1 N–H and O–H groups in total. The molecule has 0 bridgehead atoms. The summed E-state index contributed by atoms with van der Waals surface area (Å²) in [6.07, 6.45) is 3.39. The van der Waals surface area contributed by atoms with Gasteiger partial charge in [0.2, 0.25) is 0 Å². The molecule has 1 rings (SSSR count). The summed E-state index contributed by atoms with van der Waals surface area (Å²) in [7, 11) is 0. The third kappa shape index (κ3) is 4.43. The molecule has 1 aromatic carbocycles. The van der Waals surface area contributed by atoms with E-state index in [4.69, 9.17) is 0 Å². The zero-order valence-corrected chi connectivity index (χ0v) is 10.8. The lowest BCUT2D eigenvalue weighted by molar-refractivity contribution is 0.432. The van der Waals surface area contributed by atoms with E-state index in [1.165, 1.54) is 12.1 Å². The molecule has 1 aromatic rings. The van der Waals surface area contributed by atoms with Crippen LogP contribution in [0, 0.1) is 11.6 Å². The maximum absolute atomic E-state index is 13.5. The first-order valence-electron chi connectivity index (χ1n) is 6.25. The van der Waals surface area contributed by atoms with Crippen LogP contribution in [0.25, 0.3) is 0 Å². The lowest BCUT2D eigenvalue weighted by Crippen LogP contribution is -2.29. The molecule has 0 aliphatic heterocycles. The second kappa shape index (κ2) is 6.70. The highest BCUT2D eigenvalue weighted by atomic mass is 19.1. The SMILES string of the molecule is CCCCC(C)NC(C)c1ccc(F)cc1F. The van der Waals surface area contributed by atoms with E-state index in [9.17, 15) is 8.78 Å². The van der Waals surface area contributed by atoms with Gasteiger partial charge < -0.3 is 5.32 Å². The Morgan fingerprint density at radius 1 is 1.24 bits per heavy atom. The number of nitrogens with one attached hydrogen (secondary N) is 1. The molecule has 2 atom stereocenters. The topological polar surface area (TPSA) is 12.0 Å². The van der Waals surface area contributed by atoms with E-state index in [2.05, 4.69) is 19.2 Å². The Bertz CT molecular complexity index is 352. The summed E-state index contributed by atoms with van der Waals surface area (Å²) in [6.45, 7) is 6.14. The smallest absolute Gasteiger partial charge is 0.130 e. The van der Waals surface area contributed by atoms with Gasteiger partial charge in [-0.1, -0.05) is 25.8 Å². The van der Waals surface area contributed by atoms with Gasteiger partial charge in [0, 0.05) is 23.7 Å². The molecule has 0 aromatic heterocycles. The Labute approximate surface area is 102 Å². The zero-order chi connectivity index (χ0) is 12.8. The van der Waals surface area contributed by atoms with Crippen LogP contribution in [0.1, 0.15) is 51.6 Å². The van der Waals surface area contributed by atoms with Gasteiger partial charge in [-0.15, -0.1) is 0 Å². The van der Waals surface area contributed by atoms with Gasteiger partial charge in [-0.05, 0) is 26.3 Å². The van der Waals surface area contributed by atoms with Gasteiger partial charge in [0.25, 0.3) is 0 Å². The summed E-state index contributed by atoms with van der Waals surface area (Å²) < 4.78 is 26.3. The van der Waals surface area contributed by atoms with Gasteiger partial charge in [-0.2, -0.15) is 0 Å². The molecule has 0 aliphatic rings. The Morgan fingerprint density at radius 3 is 2.53 bits per heavy atom. The Kier molecular flexibility index (Phi) is 5.56. The molecule has 0 radical (unpaired) electrons. The fourth-order valence-corrected chi connectivity index (χ4v) is 1.96. The molecule has 17 heavy (non-hydrogen) atoms. The van der Waals surface area contributed by atoms with Crippen LogP contribution in [0.2, 0.25) is 0 Å². The quantitative estimate of drug-likeness (QED) is 0.787. The second-order valence-electron chi connectivity index (χ2n) is 4.60. The van der Waals surface area contributed by atoms with Crippen LogP contribution in [0.3, 0.4) is 0 Å². The normalized spacial score (nSPS) is 14.6. The molecule has 0 fully saturated rings. The van der Waals surface area contributed by atoms with Gasteiger partial charge in [0.15, 0.2) is 0 Å². The van der Waals surface area contributed by atoms with Crippen molar-refractivity contribution in [1.29, 1.82) is 0 Å². The highest BCUT2D eigenvalue weighted by Gasteiger charge is 2.13. The molecular weight excluding hydrogens is 220 g/mol. The molecule has 0 heterocycles. The number of halogens is 2. The number of hydrogen-bond acceptors (Lipinski definition) is 1. The van der Waals surface area contributed by atoms with Crippen molar-refractivity contribution in [2.24, 2.45) is 0 Å². The predicted octanol–water partition coefficient (Wildman–Crippen LogP) is 4.19. The number of hydrogen-bond donors (Lipinski definition) is 1. The molecular formula is C14H21F2N. The van der Waals surface area contributed by atoms with Crippen LogP contribution < -0.4 is 5.32 Å². The van der Waals surface area contributed by atoms with Crippen LogP contribution in [-0.4, -0.2) is 6.04 Å². The highest BCUT2D eigenvalue weighted by Crippen LogP contribution is 2.18. The molecule has 96 valence electrons. The van der Waals surface area contributed by atoms with Gasteiger partial charge in [-0.25, -0.2) is 8.78 Å². The predicted molar refractivity (Wildman–Crippen MR) is 66.9 cm³/mol. The minimum absolute atomic E-state index is 0.0949. The van der Waals surface area contributed by atoms with Crippen molar-refractivity contribution >= 4 is 0 Å². The van der Waals surface area contributed by atoms with Gasteiger partial charge in [0.05, 0.1) is 0 Å². The third-order valence-electron chi connectivity index (χ3n) is 2.95. The van der Waals surface area contributed by atoms with Crippen LogP contribution >= 0.6 is 0 Å². The monoisotopic (exact) mass is 241 g/mol. The maximum atomic E-state index is 13.5. The lowest BCUT2D eigenvalue weighted by atomic mass is 10.1. The van der Waals surface area contributed by atoms with E-state index >= 15 is 0 Å². The van der Waals surface area contributed by atoms with Crippen molar-refractivity contribution in [2.45, 2.75) is 52.1 Å². The minimum atomic E-state index is -0.530. The Balaban J connectivity index is 2.60. The van der Waals surface area contributed by atoms with E-state index in [1.54, 1.807) is 0 Å². The highest BCUT2D eigenvalue weighted by molar-refractivity contribution is 5.21. The second-order valence-corrected chi connectivity index (χ2v) is 4.60. The Morgan fingerprint density at radius 2 is 1.94 bits per heavy atom. The van der Waals surface area contributed by atoms with Crippen molar-refractivity contribution in [3.05, 3.63) is 35.4 Å². The molecule has 0 spiro atoms. The maximum Gasteiger partial charge on any atom is 0.130 e. The lowest BCUT2D eigenvalue weighted by Gasteiger charge is -2.20. The summed E-state index contributed by atoms with van der Waals surface area (Å²) in [5.74, 6) is -1.01. The summed E-state index contributed by atoms with van der Waals surface area (Å²) in [5, 5.41) is 3.33. The molecule has 2 unspecified atom stereocenters. The van der Waals surface area contributed by atoms with Gasteiger partial charge in [-0.3, -0.25) is 0 Å². The standard InChI is InChI=1S/C14H21F2N/c1-4-5-6-10(2)17-11(3)13-8-7-12(15)9-14(13)16/h7-11,17H,4-6H2,1-3H3. The van der Waals surface area contributed by atoms with Crippen LogP contribution in [0.5, 0.6) is 0 Å². The number of rotatable bonds is 6. The molecule has 0 amide bonds. The van der Waals surface area contributed by atoms with Crippen molar-refractivity contribution in [3.63, 3.8) is 0 Å². The molecule has 1 nitrogen and oxygen atoms in total. The molecule has 0 aliphatic carbocycles. The first-order valence-corrected chi connectivity index (χ1v) is 6.25. The number of benzene rings is 1. The summed E-state index contributed by atoms with van der Waals surface area (Å²) in [4.78, 5) is 0. The minimum Gasteiger partial charge on any atom is -0.308 e. The first-order chi connectivity index (χ1) is 8.04. The van der Waals surface area contributed by atoms with Crippen molar-refractivity contribution in [1.82, 2.24) is 5.32 Å². The average molecular weight is 241 g/mol. The Hall–Kier alpha value is -0.960. The van der Waals surface area contributed by atoms with Crippen LogP contribution in [0.15, 0.2) is 18.2 Å². The van der Waals surface area contributed by atoms with Gasteiger partial charge >= 0.3 is 0 Å². The van der Waals surface area contributed by atoms with Crippen molar-refractivity contribution < 1.29 is 8.78 Å². The van der Waals surface area contributed by atoms with Crippen molar-refractivity contribution in [2.75, 3.05) is 0 Å². The van der Waals surface area contributed by atoms with E-state index < -0.39 is 11.6 Å². The zero-order valence-electron chi connectivity index (χ0n) is 10.8. The summed E-state index contributed by atoms with van der Waals surface area (Å²) in [5.41, 5.74) is 0.523. The third-order valence-corrected chi connectivity index (χ3v) is 2.95. The van der Waals surface area contributed by atoms with E-state index in [-0.39, 0.29) is 6.04 Å². The molecule has 0 saturated heterocycles.